The lowest BCUT2D eigenvalue weighted by Crippen LogP contribution is -2.49. The van der Waals surface area contributed by atoms with Crippen LogP contribution >= 0.6 is 23.2 Å². The van der Waals surface area contributed by atoms with Crippen LogP contribution in [0.1, 0.15) is 48.8 Å². The number of hydrogen-bond acceptors (Lipinski definition) is 6. The van der Waals surface area contributed by atoms with Crippen LogP contribution in [-0.4, -0.2) is 75.6 Å². The number of anilines is 1. The lowest BCUT2D eigenvalue weighted by Gasteiger charge is -2.38. The number of piperazine rings is 1. The molecule has 0 spiro atoms. The summed E-state index contributed by atoms with van der Waals surface area (Å²) in [6, 6.07) is 8.74. The van der Waals surface area contributed by atoms with E-state index < -0.39 is 17.7 Å². The lowest BCUT2D eigenvalue weighted by atomic mass is 9.81. The Balaban J connectivity index is 1.47. The van der Waals surface area contributed by atoms with E-state index in [0.29, 0.717) is 66.2 Å². The molecular formula is C31H39Cl2F3N4O3. The molecule has 0 radical (unpaired) electrons. The van der Waals surface area contributed by atoms with Gasteiger partial charge in [-0.1, -0.05) is 29.3 Å². The number of ketones is 1. The summed E-state index contributed by atoms with van der Waals surface area (Å²) in [7, 11) is 1.57. The van der Waals surface area contributed by atoms with Gasteiger partial charge in [0, 0.05) is 80.5 Å². The maximum absolute atomic E-state index is 13.7. The SMILES string of the molecule is COCC(C)NCc1cc(C(F)(F)F)ccc1N1CCN(C(=O)CC(C(=O)C2CCCNC2)c2ccc(Cl)cc2Cl)CC1. The third-order valence-electron chi connectivity index (χ3n) is 8.20. The van der Waals surface area contributed by atoms with Gasteiger partial charge in [0.15, 0.2) is 0 Å². The minimum atomic E-state index is -4.45. The average Bonchev–Trinajstić information content (AvgIpc) is 2.99. The maximum Gasteiger partial charge on any atom is 0.416 e. The van der Waals surface area contributed by atoms with Crippen molar-refractivity contribution in [2.75, 3.05) is 57.9 Å². The smallest absolute Gasteiger partial charge is 0.383 e. The first-order chi connectivity index (χ1) is 20.5. The Morgan fingerprint density at radius 3 is 2.49 bits per heavy atom. The number of amides is 1. The number of nitrogens with zero attached hydrogens (tertiary/aromatic N) is 2. The molecule has 0 aromatic heterocycles. The molecule has 2 fully saturated rings. The molecule has 0 saturated carbocycles. The van der Waals surface area contributed by atoms with Crippen molar-refractivity contribution in [2.24, 2.45) is 5.92 Å². The number of alkyl halides is 3. The number of ether oxygens (including phenoxy) is 1. The minimum absolute atomic E-state index is 0.00648. The van der Waals surface area contributed by atoms with E-state index in [2.05, 4.69) is 10.6 Å². The van der Waals surface area contributed by atoms with Crippen LogP contribution in [0.3, 0.4) is 0 Å². The molecule has 3 unspecified atom stereocenters. The Morgan fingerprint density at radius 1 is 1.12 bits per heavy atom. The van der Waals surface area contributed by atoms with Crippen molar-refractivity contribution in [2.45, 2.75) is 50.9 Å². The summed E-state index contributed by atoms with van der Waals surface area (Å²) in [4.78, 5) is 31.0. The summed E-state index contributed by atoms with van der Waals surface area (Å²) >= 11 is 12.6. The standard InChI is InChI=1S/C31H39Cl2F3N4O3/c1-20(19-43-2)38-18-22-14-23(31(34,35)36)5-8-28(22)39-10-12-40(13-11-39)29(41)16-26(25-7-6-24(32)15-27(25)33)30(42)21-4-3-9-37-17-21/h5-8,14-15,20-21,26,37-38H,3-4,9-13,16-19H2,1-2H3. The number of halogens is 5. The second-order valence-electron chi connectivity index (χ2n) is 11.3. The summed E-state index contributed by atoms with van der Waals surface area (Å²) in [6.07, 6.45) is -2.82. The first kappa shape index (κ1) is 33.5. The van der Waals surface area contributed by atoms with Crippen LogP contribution in [-0.2, 0) is 27.0 Å². The van der Waals surface area contributed by atoms with Gasteiger partial charge in [0.05, 0.1) is 18.1 Å². The molecule has 3 atom stereocenters. The van der Waals surface area contributed by atoms with Crippen LogP contribution in [0.5, 0.6) is 0 Å². The minimum Gasteiger partial charge on any atom is -0.383 e. The summed E-state index contributed by atoms with van der Waals surface area (Å²) in [5.41, 5.74) is 1.12. The molecular weight excluding hydrogens is 604 g/mol. The second kappa shape index (κ2) is 15.1. The molecule has 2 N–H and O–H groups in total. The largest absolute Gasteiger partial charge is 0.416 e. The molecule has 7 nitrogen and oxygen atoms in total. The van der Waals surface area contributed by atoms with Gasteiger partial charge in [-0.15, -0.1) is 0 Å². The second-order valence-corrected chi connectivity index (χ2v) is 12.2. The van der Waals surface area contributed by atoms with E-state index in [9.17, 15) is 22.8 Å². The Labute approximate surface area is 261 Å². The van der Waals surface area contributed by atoms with Crippen molar-refractivity contribution in [1.82, 2.24) is 15.5 Å². The molecule has 4 rings (SSSR count). The summed E-state index contributed by atoms with van der Waals surface area (Å²) < 4.78 is 45.7. The van der Waals surface area contributed by atoms with Crippen molar-refractivity contribution in [3.05, 3.63) is 63.1 Å². The van der Waals surface area contributed by atoms with E-state index in [1.165, 1.54) is 12.1 Å². The highest BCUT2D eigenvalue weighted by Gasteiger charge is 2.35. The third-order valence-corrected chi connectivity index (χ3v) is 8.76. The van der Waals surface area contributed by atoms with E-state index >= 15 is 0 Å². The number of methoxy groups -OCH3 is 1. The quantitative estimate of drug-likeness (QED) is 0.336. The molecule has 43 heavy (non-hydrogen) atoms. The number of hydrogen-bond donors (Lipinski definition) is 2. The van der Waals surface area contributed by atoms with Gasteiger partial charge in [-0.25, -0.2) is 0 Å². The molecule has 2 heterocycles. The molecule has 2 aromatic rings. The fraction of sp³-hybridized carbons (Fsp3) is 0.548. The zero-order valence-electron chi connectivity index (χ0n) is 24.5. The predicted molar refractivity (Wildman–Crippen MR) is 163 cm³/mol. The van der Waals surface area contributed by atoms with Crippen LogP contribution in [0, 0.1) is 5.92 Å². The summed E-state index contributed by atoms with van der Waals surface area (Å²) in [5.74, 6) is -1.06. The number of piperidine rings is 1. The first-order valence-electron chi connectivity index (χ1n) is 14.6. The third kappa shape index (κ3) is 8.85. The van der Waals surface area contributed by atoms with Crippen LogP contribution in [0.15, 0.2) is 36.4 Å². The first-order valence-corrected chi connectivity index (χ1v) is 15.4. The fourth-order valence-corrected chi connectivity index (χ4v) is 6.37. The van der Waals surface area contributed by atoms with E-state index in [1.807, 2.05) is 11.8 Å². The van der Waals surface area contributed by atoms with Crippen molar-refractivity contribution in [1.29, 1.82) is 0 Å². The molecule has 236 valence electrons. The highest BCUT2D eigenvalue weighted by molar-refractivity contribution is 6.35. The van der Waals surface area contributed by atoms with E-state index in [-0.39, 0.29) is 36.6 Å². The number of carbonyl (C=O) groups excluding carboxylic acids is 2. The van der Waals surface area contributed by atoms with Crippen molar-refractivity contribution >= 4 is 40.6 Å². The Bertz CT molecular complexity index is 1270. The maximum atomic E-state index is 13.7. The fourth-order valence-electron chi connectivity index (χ4n) is 5.83. The molecule has 2 aromatic carbocycles. The van der Waals surface area contributed by atoms with E-state index in [1.54, 1.807) is 30.2 Å². The number of Topliss-reactive ketones (excluding diaryl/α,β-unsaturated/α-hetero) is 1. The normalized spacial score (nSPS) is 19.3. The van der Waals surface area contributed by atoms with Gasteiger partial charge in [-0.2, -0.15) is 13.2 Å². The van der Waals surface area contributed by atoms with Crippen LogP contribution in [0.2, 0.25) is 10.0 Å². The Morgan fingerprint density at radius 2 is 1.86 bits per heavy atom. The molecule has 2 aliphatic rings. The molecule has 0 aliphatic carbocycles. The summed E-state index contributed by atoms with van der Waals surface area (Å²) in [5, 5.41) is 7.31. The van der Waals surface area contributed by atoms with Crippen LogP contribution in [0.4, 0.5) is 18.9 Å². The van der Waals surface area contributed by atoms with Gasteiger partial charge < -0.3 is 25.2 Å². The molecule has 2 aliphatic heterocycles. The lowest BCUT2D eigenvalue weighted by molar-refractivity contribution is -0.137. The summed E-state index contributed by atoms with van der Waals surface area (Å²) in [6.45, 7) is 5.67. The molecule has 2 saturated heterocycles. The topological polar surface area (TPSA) is 73.9 Å². The van der Waals surface area contributed by atoms with E-state index in [0.717, 1.165) is 25.5 Å². The number of benzene rings is 2. The number of nitrogens with one attached hydrogen (secondary N) is 2. The van der Waals surface area contributed by atoms with Crippen molar-refractivity contribution in [3.63, 3.8) is 0 Å². The van der Waals surface area contributed by atoms with Gasteiger partial charge in [0.2, 0.25) is 5.91 Å². The molecule has 12 heteroatoms. The van der Waals surface area contributed by atoms with Gasteiger partial charge in [0.1, 0.15) is 5.78 Å². The van der Waals surface area contributed by atoms with E-state index in [4.69, 9.17) is 27.9 Å². The van der Waals surface area contributed by atoms with Gasteiger partial charge in [-0.05, 0) is 67.8 Å². The predicted octanol–water partition coefficient (Wildman–Crippen LogP) is 5.53. The van der Waals surface area contributed by atoms with Crippen LogP contribution in [0.25, 0.3) is 0 Å². The average molecular weight is 644 g/mol. The highest BCUT2D eigenvalue weighted by Crippen LogP contribution is 2.35. The van der Waals surface area contributed by atoms with Gasteiger partial charge in [0.25, 0.3) is 0 Å². The Kier molecular flexibility index (Phi) is 11.8. The van der Waals surface area contributed by atoms with Crippen molar-refractivity contribution in [3.8, 4) is 0 Å². The highest BCUT2D eigenvalue weighted by atomic mass is 35.5. The zero-order chi connectivity index (χ0) is 31.1. The Hall–Kier alpha value is -2.37. The van der Waals surface area contributed by atoms with Crippen molar-refractivity contribution < 1.29 is 27.5 Å². The van der Waals surface area contributed by atoms with Gasteiger partial charge >= 0.3 is 6.18 Å². The van der Waals surface area contributed by atoms with Gasteiger partial charge in [-0.3, -0.25) is 9.59 Å². The zero-order valence-corrected chi connectivity index (χ0v) is 26.0. The molecule has 1 amide bonds. The molecule has 0 bridgehead atoms. The van der Waals surface area contributed by atoms with Crippen LogP contribution < -0.4 is 15.5 Å². The number of carbonyl (C=O) groups is 2. The number of rotatable bonds is 11. The monoisotopic (exact) mass is 642 g/mol.